The lowest BCUT2D eigenvalue weighted by Gasteiger charge is -2.26. The zero-order valence-corrected chi connectivity index (χ0v) is 11.1. The highest BCUT2D eigenvalue weighted by atomic mass is 16.5. The molecular formula is C13H29N3O. The average Bonchev–Trinajstić information content (AvgIpc) is 2.83. The van der Waals surface area contributed by atoms with Gasteiger partial charge >= 0.3 is 0 Å². The number of nitrogens with zero attached hydrogens (tertiary/aromatic N) is 1. The molecule has 0 radical (unpaired) electrons. The Morgan fingerprint density at radius 1 is 1.06 bits per heavy atom. The lowest BCUT2D eigenvalue weighted by atomic mass is 10.3. The van der Waals surface area contributed by atoms with Gasteiger partial charge in [0.05, 0.1) is 13.2 Å². The number of ether oxygens (including phenoxy) is 1. The van der Waals surface area contributed by atoms with Gasteiger partial charge in [-0.05, 0) is 38.8 Å². The van der Waals surface area contributed by atoms with E-state index in [0.29, 0.717) is 6.04 Å². The number of nitrogens with two attached hydrogens (primary N) is 2. The summed E-state index contributed by atoms with van der Waals surface area (Å²) in [5.41, 5.74) is 10.9. The van der Waals surface area contributed by atoms with Crippen LogP contribution >= 0.6 is 0 Å². The van der Waals surface area contributed by atoms with Crippen LogP contribution in [0.15, 0.2) is 0 Å². The first-order valence-corrected chi connectivity index (χ1v) is 7.08. The Kier molecular flexibility index (Phi) is 8.61. The van der Waals surface area contributed by atoms with Gasteiger partial charge in [-0.2, -0.15) is 0 Å². The van der Waals surface area contributed by atoms with Crippen molar-refractivity contribution < 1.29 is 4.74 Å². The molecule has 0 unspecified atom stereocenters. The van der Waals surface area contributed by atoms with Crippen molar-refractivity contribution in [3.63, 3.8) is 0 Å². The van der Waals surface area contributed by atoms with Crippen LogP contribution in [0.1, 0.15) is 38.5 Å². The molecular weight excluding hydrogens is 214 g/mol. The summed E-state index contributed by atoms with van der Waals surface area (Å²) in [5, 5.41) is 0. The highest BCUT2D eigenvalue weighted by molar-refractivity contribution is 4.67. The standard InChI is InChI=1S/C8H18N2O.C5H11N/c9-3-1-2-4-10-5-7-11-8-6-10;6-5-3-1-2-4-5/h1-9H2;5H,1-4,6H2. The second kappa shape index (κ2) is 9.83. The minimum absolute atomic E-state index is 0.546. The second-order valence-electron chi connectivity index (χ2n) is 4.99. The molecule has 2 rings (SSSR count). The summed E-state index contributed by atoms with van der Waals surface area (Å²) >= 11 is 0. The highest BCUT2D eigenvalue weighted by Gasteiger charge is 2.08. The van der Waals surface area contributed by atoms with Crippen molar-refractivity contribution in [3.05, 3.63) is 0 Å². The molecule has 1 aliphatic carbocycles. The van der Waals surface area contributed by atoms with E-state index in [1.807, 2.05) is 0 Å². The lowest BCUT2D eigenvalue weighted by molar-refractivity contribution is 0.0373. The van der Waals surface area contributed by atoms with E-state index in [-0.39, 0.29) is 0 Å². The molecule has 4 N–H and O–H groups in total. The minimum Gasteiger partial charge on any atom is -0.379 e. The van der Waals surface area contributed by atoms with E-state index in [0.717, 1.165) is 39.3 Å². The molecule has 0 bridgehead atoms. The highest BCUT2D eigenvalue weighted by Crippen LogP contribution is 2.14. The van der Waals surface area contributed by atoms with Gasteiger partial charge in [0.15, 0.2) is 0 Å². The summed E-state index contributed by atoms with van der Waals surface area (Å²) in [6.07, 6.45) is 7.64. The zero-order chi connectivity index (χ0) is 12.3. The molecule has 1 saturated heterocycles. The molecule has 1 saturated carbocycles. The van der Waals surface area contributed by atoms with Crippen LogP contribution in [0.5, 0.6) is 0 Å². The number of morpholine rings is 1. The predicted octanol–water partition coefficient (Wildman–Crippen LogP) is 0.945. The normalized spacial score (nSPS) is 22.2. The Balaban J connectivity index is 0.000000202. The molecule has 0 aromatic heterocycles. The molecule has 102 valence electrons. The predicted molar refractivity (Wildman–Crippen MR) is 72.0 cm³/mol. The van der Waals surface area contributed by atoms with Crippen molar-refractivity contribution in [1.82, 2.24) is 4.90 Å². The second-order valence-corrected chi connectivity index (χ2v) is 4.99. The molecule has 2 fully saturated rings. The number of hydrogen-bond acceptors (Lipinski definition) is 4. The van der Waals surface area contributed by atoms with E-state index in [9.17, 15) is 0 Å². The van der Waals surface area contributed by atoms with E-state index in [2.05, 4.69) is 4.90 Å². The summed E-state index contributed by atoms with van der Waals surface area (Å²) in [7, 11) is 0. The number of rotatable bonds is 4. The fraction of sp³-hybridized carbons (Fsp3) is 1.00. The Hall–Kier alpha value is -0.160. The molecule has 4 heteroatoms. The van der Waals surface area contributed by atoms with Crippen LogP contribution in [0, 0.1) is 0 Å². The quantitative estimate of drug-likeness (QED) is 0.722. The van der Waals surface area contributed by atoms with Crippen molar-refractivity contribution in [1.29, 1.82) is 0 Å². The van der Waals surface area contributed by atoms with Crippen LogP contribution in [0.4, 0.5) is 0 Å². The van der Waals surface area contributed by atoms with Gasteiger partial charge in [-0.25, -0.2) is 0 Å². The largest absolute Gasteiger partial charge is 0.379 e. The van der Waals surface area contributed by atoms with Crippen molar-refractivity contribution in [3.8, 4) is 0 Å². The van der Waals surface area contributed by atoms with Gasteiger partial charge in [0.2, 0.25) is 0 Å². The maximum Gasteiger partial charge on any atom is 0.0594 e. The molecule has 0 amide bonds. The summed E-state index contributed by atoms with van der Waals surface area (Å²) < 4.78 is 5.24. The molecule has 0 aromatic rings. The van der Waals surface area contributed by atoms with Gasteiger partial charge in [0.1, 0.15) is 0 Å². The van der Waals surface area contributed by atoms with Gasteiger partial charge < -0.3 is 16.2 Å². The maximum atomic E-state index is 5.53. The Bertz CT molecular complexity index is 166. The van der Waals surface area contributed by atoms with Crippen LogP contribution in [0.25, 0.3) is 0 Å². The van der Waals surface area contributed by atoms with E-state index < -0.39 is 0 Å². The fourth-order valence-electron chi connectivity index (χ4n) is 2.26. The first-order chi connectivity index (χ1) is 8.33. The fourth-order valence-corrected chi connectivity index (χ4v) is 2.26. The average molecular weight is 243 g/mol. The van der Waals surface area contributed by atoms with Crippen LogP contribution in [-0.4, -0.2) is 50.3 Å². The first kappa shape index (κ1) is 14.9. The topological polar surface area (TPSA) is 64.5 Å². The Morgan fingerprint density at radius 3 is 2.18 bits per heavy atom. The summed E-state index contributed by atoms with van der Waals surface area (Å²) in [5.74, 6) is 0. The molecule has 17 heavy (non-hydrogen) atoms. The van der Waals surface area contributed by atoms with Crippen LogP contribution < -0.4 is 11.5 Å². The number of unbranched alkanes of at least 4 members (excludes halogenated alkanes) is 1. The van der Waals surface area contributed by atoms with Gasteiger partial charge in [-0.1, -0.05) is 12.8 Å². The monoisotopic (exact) mass is 243 g/mol. The van der Waals surface area contributed by atoms with Crippen molar-refractivity contribution in [2.24, 2.45) is 11.5 Å². The number of hydrogen-bond donors (Lipinski definition) is 2. The first-order valence-electron chi connectivity index (χ1n) is 7.08. The maximum absolute atomic E-state index is 5.53. The van der Waals surface area contributed by atoms with E-state index in [4.69, 9.17) is 16.2 Å². The lowest BCUT2D eigenvalue weighted by Crippen LogP contribution is -2.36. The van der Waals surface area contributed by atoms with E-state index >= 15 is 0 Å². The summed E-state index contributed by atoms with van der Waals surface area (Å²) in [6.45, 7) is 6.03. The van der Waals surface area contributed by atoms with Gasteiger partial charge in [-0.3, -0.25) is 4.90 Å². The van der Waals surface area contributed by atoms with E-state index in [1.54, 1.807) is 0 Å². The molecule has 4 nitrogen and oxygen atoms in total. The van der Waals surface area contributed by atoms with Crippen LogP contribution in [0.2, 0.25) is 0 Å². The Labute approximate surface area is 106 Å². The summed E-state index contributed by atoms with van der Waals surface area (Å²) in [4.78, 5) is 2.44. The van der Waals surface area contributed by atoms with Crippen molar-refractivity contribution >= 4 is 0 Å². The molecule has 1 heterocycles. The van der Waals surface area contributed by atoms with Crippen LogP contribution in [-0.2, 0) is 4.74 Å². The zero-order valence-electron chi connectivity index (χ0n) is 11.1. The molecule has 0 aromatic carbocycles. The third-order valence-electron chi connectivity index (χ3n) is 3.43. The third-order valence-corrected chi connectivity index (χ3v) is 3.43. The Morgan fingerprint density at radius 2 is 1.71 bits per heavy atom. The molecule has 0 atom stereocenters. The molecule has 1 aliphatic heterocycles. The smallest absolute Gasteiger partial charge is 0.0594 e. The van der Waals surface area contributed by atoms with Gasteiger partial charge in [-0.15, -0.1) is 0 Å². The third kappa shape index (κ3) is 7.71. The minimum atomic E-state index is 0.546. The van der Waals surface area contributed by atoms with Gasteiger partial charge in [0.25, 0.3) is 0 Å². The SMILES string of the molecule is NC1CCCC1.NCCCCN1CCOCC1. The van der Waals surface area contributed by atoms with Crippen molar-refractivity contribution in [2.45, 2.75) is 44.6 Å². The summed E-state index contributed by atoms with van der Waals surface area (Å²) in [6, 6.07) is 0.546. The van der Waals surface area contributed by atoms with Gasteiger partial charge in [0, 0.05) is 19.1 Å². The van der Waals surface area contributed by atoms with Crippen LogP contribution in [0.3, 0.4) is 0 Å². The molecule has 0 spiro atoms. The van der Waals surface area contributed by atoms with Crippen molar-refractivity contribution in [2.75, 3.05) is 39.4 Å². The molecule has 2 aliphatic rings. The van der Waals surface area contributed by atoms with E-state index in [1.165, 1.54) is 38.6 Å².